The van der Waals surface area contributed by atoms with Crippen molar-refractivity contribution < 1.29 is 0 Å². The smallest absolute Gasteiger partial charge is 0.0542 e. The number of rotatable bonds is 8. The Kier molecular flexibility index (Phi) is 9.54. The number of hydrogen-bond acceptors (Lipinski definition) is 1. The third-order valence-electron chi connectivity index (χ3n) is 13.7. The van der Waals surface area contributed by atoms with Crippen LogP contribution in [0.1, 0.15) is 11.1 Å². The van der Waals surface area contributed by atoms with E-state index in [4.69, 9.17) is 0 Å². The number of anilines is 3. The summed E-state index contributed by atoms with van der Waals surface area (Å²) in [6, 6.07) is 92.8. The number of nitrogens with zero attached hydrogens (tertiary/aromatic N) is 2. The van der Waals surface area contributed by atoms with Crippen molar-refractivity contribution in [2.45, 2.75) is 0 Å². The highest BCUT2D eigenvalue weighted by Gasteiger charge is 2.19. The molecule has 1 heterocycles. The van der Waals surface area contributed by atoms with Gasteiger partial charge in [-0.2, -0.15) is 0 Å². The van der Waals surface area contributed by atoms with E-state index in [2.05, 4.69) is 276 Å². The second-order valence-electron chi connectivity index (χ2n) is 17.7. The molecule has 2 heteroatoms. The molecular weight excluding hydrogens is 821 g/mol. The van der Waals surface area contributed by atoms with Crippen LogP contribution < -0.4 is 4.90 Å². The molecule has 0 spiro atoms. The predicted octanol–water partition coefficient (Wildman–Crippen LogP) is 18.4. The van der Waals surface area contributed by atoms with E-state index in [0.29, 0.717) is 0 Å². The predicted molar refractivity (Wildman–Crippen MR) is 292 cm³/mol. The van der Waals surface area contributed by atoms with Gasteiger partial charge in [-0.25, -0.2) is 0 Å². The van der Waals surface area contributed by atoms with Gasteiger partial charge in [0, 0.05) is 33.5 Å². The summed E-state index contributed by atoms with van der Waals surface area (Å²) in [5, 5.41) is 12.5. The molecule has 0 N–H and O–H groups in total. The summed E-state index contributed by atoms with van der Waals surface area (Å²) in [6.07, 6.45) is 4.44. The van der Waals surface area contributed by atoms with Crippen LogP contribution in [0.3, 0.4) is 0 Å². The van der Waals surface area contributed by atoms with E-state index in [1.165, 1.54) is 92.7 Å². The second-order valence-corrected chi connectivity index (χ2v) is 17.7. The van der Waals surface area contributed by atoms with E-state index in [9.17, 15) is 0 Å². The van der Waals surface area contributed by atoms with Crippen molar-refractivity contribution in [1.82, 2.24) is 4.57 Å². The molecule has 1 aromatic heterocycles. The summed E-state index contributed by atoms with van der Waals surface area (Å²) in [5.41, 5.74) is 14.2. The molecule has 13 aromatic rings. The molecule has 13 rings (SSSR count). The summed E-state index contributed by atoms with van der Waals surface area (Å²) in [4.78, 5) is 2.35. The van der Waals surface area contributed by atoms with Gasteiger partial charge in [0.1, 0.15) is 0 Å². The number of para-hydroxylation sites is 3. The lowest BCUT2D eigenvalue weighted by atomic mass is 9.84. The zero-order chi connectivity index (χ0) is 45.0. The van der Waals surface area contributed by atoms with Crippen molar-refractivity contribution in [3.05, 3.63) is 266 Å². The standard InChI is InChI=1S/C66H44N2/c1-3-18-51(19-4-1)67(54-40-41-64-62(44-54)56-23-13-14-29-63(56)68(64)52-20-5-2-6-21-52)53-38-33-45(34-39-53)30-31-46-32-35-49-43-50(37-36-48(49)42-46)65-58-24-9-11-26-60(58)66(61-27-12-10-25-59(61)65)57-28-15-17-47-16-7-8-22-55(47)57/h1-44H. The van der Waals surface area contributed by atoms with Crippen LogP contribution in [-0.2, 0) is 0 Å². The van der Waals surface area contributed by atoms with Crippen LogP contribution >= 0.6 is 0 Å². The minimum atomic E-state index is 1.10. The molecular formula is C66H44N2. The zero-order valence-electron chi connectivity index (χ0n) is 37.3. The summed E-state index contributed by atoms with van der Waals surface area (Å²) in [5.74, 6) is 0. The van der Waals surface area contributed by atoms with Crippen LogP contribution in [0.4, 0.5) is 17.1 Å². The summed E-state index contributed by atoms with van der Waals surface area (Å²) in [7, 11) is 0. The van der Waals surface area contributed by atoms with E-state index >= 15 is 0 Å². The van der Waals surface area contributed by atoms with Crippen LogP contribution in [0.5, 0.6) is 0 Å². The molecule has 0 fully saturated rings. The molecule has 0 bridgehead atoms. The number of benzene rings is 12. The lowest BCUT2D eigenvalue weighted by molar-refractivity contribution is 1.18. The van der Waals surface area contributed by atoms with Crippen LogP contribution in [0.2, 0.25) is 0 Å². The highest BCUT2D eigenvalue weighted by molar-refractivity contribution is 6.24. The van der Waals surface area contributed by atoms with Crippen molar-refractivity contribution >= 4 is 94.1 Å². The maximum atomic E-state index is 2.37. The van der Waals surface area contributed by atoms with Gasteiger partial charge in [-0.15, -0.1) is 0 Å². The zero-order valence-corrected chi connectivity index (χ0v) is 37.3. The molecule has 0 radical (unpaired) electrons. The maximum absolute atomic E-state index is 2.37. The van der Waals surface area contributed by atoms with Crippen LogP contribution in [0, 0.1) is 0 Å². The Morgan fingerprint density at radius 3 is 1.57 bits per heavy atom. The van der Waals surface area contributed by atoms with Gasteiger partial charge in [0.25, 0.3) is 0 Å². The van der Waals surface area contributed by atoms with Gasteiger partial charge in [0.05, 0.1) is 11.0 Å². The number of hydrogen-bond donors (Lipinski definition) is 0. The van der Waals surface area contributed by atoms with Gasteiger partial charge in [0.15, 0.2) is 0 Å². The highest BCUT2D eigenvalue weighted by Crippen LogP contribution is 2.46. The molecule has 0 aliphatic carbocycles. The summed E-state index contributed by atoms with van der Waals surface area (Å²) >= 11 is 0. The molecule has 68 heavy (non-hydrogen) atoms. The second kappa shape index (κ2) is 16.5. The first-order chi connectivity index (χ1) is 33.7. The molecule has 0 saturated heterocycles. The first-order valence-corrected chi connectivity index (χ1v) is 23.4. The fourth-order valence-corrected chi connectivity index (χ4v) is 10.6. The summed E-state index contributed by atoms with van der Waals surface area (Å²) < 4.78 is 2.37. The quantitative estimate of drug-likeness (QED) is 0.109. The van der Waals surface area contributed by atoms with Crippen molar-refractivity contribution in [2.24, 2.45) is 0 Å². The van der Waals surface area contributed by atoms with Crippen LogP contribution in [0.15, 0.2) is 255 Å². The molecule has 0 atom stereocenters. The third kappa shape index (κ3) is 6.73. The fourth-order valence-electron chi connectivity index (χ4n) is 10.6. The minimum Gasteiger partial charge on any atom is -0.310 e. The fraction of sp³-hybridized carbons (Fsp3) is 0. The van der Waals surface area contributed by atoms with Crippen molar-refractivity contribution in [1.29, 1.82) is 0 Å². The molecule has 12 aromatic carbocycles. The number of fused-ring (bicyclic) bond motifs is 7. The van der Waals surface area contributed by atoms with Gasteiger partial charge in [-0.3, -0.25) is 0 Å². The average molecular weight is 865 g/mol. The third-order valence-corrected chi connectivity index (χ3v) is 13.7. The molecule has 0 saturated carbocycles. The van der Waals surface area contributed by atoms with E-state index in [1.54, 1.807) is 0 Å². The molecule has 0 aliphatic rings. The van der Waals surface area contributed by atoms with Crippen molar-refractivity contribution in [2.75, 3.05) is 4.90 Å². The van der Waals surface area contributed by atoms with E-state index < -0.39 is 0 Å². The first kappa shape index (κ1) is 39.4. The Bertz CT molecular complexity index is 4010. The Morgan fingerprint density at radius 1 is 0.294 bits per heavy atom. The largest absolute Gasteiger partial charge is 0.310 e. The van der Waals surface area contributed by atoms with Gasteiger partial charge >= 0.3 is 0 Å². The Balaban J connectivity index is 0.824. The average Bonchev–Trinajstić information content (AvgIpc) is 3.74. The first-order valence-electron chi connectivity index (χ1n) is 23.4. The van der Waals surface area contributed by atoms with Crippen LogP contribution in [-0.4, -0.2) is 4.57 Å². The van der Waals surface area contributed by atoms with E-state index in [0.717, 1.165) is 28.3 Å². The van der Waals surface area contributed by atoms with Gasteiger partial charge < -0.3 is 9.47 Å². The molecule has 318 valence electrons. The lowest BCUT2D eigenvalue weighted by Crippen LogP contribution is -2.09. The maximum Gasteiger partial charge on any atom is 0.0542 e. The SMILES string of the molecule is C(=Cc1ccc2cc(-c3c4ccccc4c(-c4cccc5ccccc45)c4ccccc34)ccc2c1)c1ccc(N(c2ccccc2)c2ccc3c(c2)c2ccccc2n3-c2ccccc2)cc1. The molecule has 2 nitrogen and oxygen atoms in total. The van der Waals surface area contributed by atoms with Crippen LogP contribution in [0.25, 0.3) is 105 Å². The topological polar surface area (TPSA) is 8.17 Å². The monoisotopic (exact) mass is 864 g/mol. The normalized spacial score (nSPS) is 11.8. The Hall–Kier alpha value is -8.98. The minimum absolute atomic E-state index is 1.10. The lowest BCUT2D eigenvalue weighted by Gasteiger charge is -2.25. The summed E-state index contributed by atoms with van der Waals surface area (Å²) in [6.45, 7) is 0. The highest BCUT2D eigenvalue weighted by atomic mass is 15.1. The van der Waals surface area contributed by atoms with Crippen molar-refractivity contribution in [3.63, 3.8) is 0 Å². The molecule has 0 unspecified atom stereocenters. The Morgan fingerprint density at radius 2 is 0.824 bits per heavy atom. The van der Waals surface area contributed by atoms with Gasteiger partial charge in [0.2, 0.25) is 0 Å². The Labute approximate surface area is 395 Å². The van der Waals surface area contributed by atoms with E-state index in [1.807, 2.05) is 0 Å². The van der Waals surface area contributed by atoms with E-state index in [-0.39, 0.29) is 0 Å². The molecule has 0 aliphatic heterocycles. The molecule has 0 amide bonds. The number of aromatic nitrogens is 1. The van der Waals surface area contributed by atoms with Gasteiger partial charge in [-0.05, 0) is 149 Å². The van der Waals surface area contributed by atoms with Crippen molar-refractivity contribution in [3.8, 4) is 27.9 Å². The van der Waals surface area contributed by atoms with Gasteiger partial charge in [-0.1, -0.05) is 194 Å².